The van der Waals surface area contributed by atoms with Crippen LogP contribution in [0.2, 0.25) is 0 Å². The van der Waals surface area contributed by atoms with E-state index in [0.717, 1.165) is 11.4 Å². The standard InChI is InChI=1S/C12H17NO2/c1-9(2)12(14)13(3)10-5-7-11(15-4)8-6-10/h5-9H,1-4H3. The van der Waals surface area contributed by atoms with Gasteiger partial charge in [0.2, 0.25) is 5.91 Å². The Hall–Kier alpha value is -1.51. The second kappa shape index (κ2) is 4.82. The van der Waals surface area contributed by atoms with Crippen LogP contribution in [0.1, 0.15) is 13.8 Å². The number of rotatable bonds is 3. The highest BCUT2D eigenvalue weighted by molar-refractivity contribution is 5.94. The number of amides is 1. The molecule has 0 spiro atoms. The van der Waals surface area contributed by atoms with E-state index in [1.54, 1.807) is 19.1 Å². The molecule has 0 fully saturated rings. The molecule has 1 rings (SSSR count). The van der Waals surface area contributed by atoms with E-state index >= 15 is 0 Å². The summed E-state index contributed by atoms with van der Waals surface area (Å²) in [7, 11) is 3.40. The van der Waals surface area contributed by atoms with Crippen LogP contribution in [0.5, 0.6) is 5.75 Å². The topological polar surface area (TPSA) is 29.5 Å². The molecule has 1 amide bonds. The number of carbonyl (C=O) groups excluding carboxylic acids is 1. The zero-order chi connectivity index (χ0) is 11.4. The first-order chi connectivity index (χ1) is 7.06. The van der Waals surface area contributed by atoms with Crippen LogP contribution in [0.4, 0.5) is 5.69 Å². The molecule has 0 heterocycles. The lowest BCUT2D eigenvalue weighted by Gasteiger charge is -2.19. The van der Waals surface area contributed by atoms with E-state index in [0.29, 0.717) is 0 Å². The third-order valence-electron chi connectivity index (χ3n) is 2.28. The summed E-state index contributed by atoms with van der Waals surface area (Å²) in [6.45, 7) is 3.78. The van der Waals surface area contributed by atoms with Crippen LogP contribution >= 0.6 is 0 Å². The van der Waals surface area contributed by atoms with Crippen molar-refractivity contribution < 1.29 is 9.53 Å². The van der Waals surface area contributed by atoms with Gasteiger partial charge in [-0.25, -0.2) is 0 Å². The van der Waals surface area contributed by atoms with E-state index in [9.17, 15) is 4.79 Å². The van der Waals surface area contributed by atoms with Crippen molar-refractivity contribution in [3.63, 3.8) is 0 Å². The van der Waals surface area contributed by atoms with E-state index in [1.165, 1.54) is 0 Å². The highest BCUT2D eigenvalue weighted by atomic mass is 16.5. The van der Waals surface area contributed by atoms with Crippen LogP contribution in [0.3, 0.4) is 0 Å². The smallest absolute Gasteiger partial charge is 0.229 e. The molecule has 1 aromatic rings. The number of anilines is 1. The van der Waals surface area contributed by atoms with Crippen LogP contribution < -0.4 is 9.64 Å². The van der Waals surface area contributed by atoms with Crippen LogP contribution in [-0.4, -0.2) is 20.1 Å². The maximum absolute atomic E-state index is 11.7. The number of ether oxygens (including phenoxy) is 1. The maximum atomic E-state index is 11.7. The summed E-state index contributed by atoms with van der Waals surface area (Å²) in [4.78, 5) is 13.3. The van der Waals surface area contributed by atoms with Crippen molar-refractivity contribution in [1.82, 2.24) is 0 Å². The SMILES string of the molecule is COc1ccc(N(C)C(=O)C(C)C)cc1. The second-order valence-corrected chi connectivity index (χ2v) is 3.75. The zero-order valence-corrected chi connectivity index (χ0v) is 9.65. The van der Waals surface area contributed by atoms with Crippen molar-refractivity contribution in [2.45, 2.75) is 13.8 Å². The zero-order valence-electron chi connectivity index (χ0n) is 9.65. The Bertz CT molecular complexity index is 330. The van der Waals surface area contributed by atoms with Gasteiger partial charge in [-0.05, 0) is 24.3 Å². The lowest BCUT2D eigenvalue weighted by molar-refractivity contribution is -0.121. The van der Waals surface area contributed by atoms with Gasteiger partial charge in [0.05, 0.1) is 7.11 Å². The Kier molecular flexibility index (Phi) is 3.72. The first kappa shape index (κ1) is 11.6. The fourth-order valence-electron chi connectivity index (χ4n) is 1.32. The molecule has 15 heavy (non-hydrogen) atoms. The summed E-state index contributed by atoms with van der Waals surface area (Å²) in [6, 6.07) is 7.44. The monoisotopic (exact) mass is 207 g/mol. The number of hydrogen-bond acceptors (Lipinski definition) is 2. The first-order valence-corrected chi connectivity index (χ1v) is 4.98. The molecule has 82 valence electrons. The van der Waals surface area contributed by atoms with Gasteiger partial charge >= 0.3 is 0 Å². The summed E-state index contributed by atoms with van der Waals surface area (Å²) in [6.07, 6.45) is 0. The van der Waals surface area contributed by atoms with E-state index in [1.807, 2.05) is 38.1 Å². The quantitative estimate of drug-likeness (QED) is 0.761. The maximum Gasteiger partial charge on any atom is 0.229 e. The summed E-state index contributed by atoms with van der Waals surface area (Å²) in [5.74, 6) is 0.918. The van der Waals surface area contributed by atoms with Crippen molar-refractivity contribution in [3.05, 3.63) is 24.3 Å². The molecule has 3 heteroatoms. The molecule has 0 aromatic heterocycles. The molecule has 3 nitrogen and oxygen atoms in total. The minimum atomic E-state index is 0.0112. The Morgan fingerprint density at radius 1 is 1.27 bits per heavy atom. The predicted octanol–water partition coefficient (Wildman–Crippen LogP) is 2.31. The normalized spacial score (nSPS) is 10.2. The van der Waals surface area contributed by atoms with Gasteiger partial charge < -0.3 is 9.64 Å². The minimum Gasteiger partial charge on any atom is -0.497 e. The molecule has 0 atom stereocenters. The van der Waals surface area contributed by atoms with Crippen molar-refractivity contribution in [3.8, 4) is 5.75 Å². The number of carbonyl (C=O) groups is 1. The molecule has 0 N–H and O–H groups in total. The second-order valence-electron chi connectivity index (χ2n) is 3.75. The van der Waals surface area contributed by atoms with Gasteiger partial charge in [-0.1, -0.05) is 13.8 Å². The van der Waals surface area contributed by atoms with Gasteiger partial charge in [-0.2, -0.15) is 0 Å². The van der Waals surface area contributed by atoms with Crippen molar-refractivity contribution >= 4 is 11.6 Å². The third-order valence-corrected chi connectivity index (χ3v) is 2.28. The Balaban J connectivity index is 2.82. The van der Waals surface area contributed by atoms with E-state index < -0.39 is 0 Å². The van der Waals surface area contributed by atoms with Crippen LogP contribution in [0.25, 0.3) is 0 Å². The summed E-state index contributed by atoms with van der Waals surface area (Å²) in [5.41, 5.74) is 0.884. The summed E-state index contributed by atoms with van der Waals surface area (Å²) < 4.78 is 5.05. The lowest BCUT2D eigenvalue weighted by atomic mass is 10.2. The number of benzene rings is 1. The highest BCUT2D eigenvalue weighted by Crippen LogP contribution is 2.19. The molecule has 1 aromatic carbocycles. The molecule has 0 aliphatic carbocycles. The van der Waals surface area contributed by atoms with Crippen LogP contribution in [-0.2, 0) is 4.79 Å². The largest absolute Gasteiger partial charge is 0.497 e. The molecule has 0 aliphatic heterocycles. The van der Waals surface area contributed by atoms with Crippen molar-refractivity contribution in [1.29, 1.82) is 0 Å². The fourth-order valence-corrected chi connectivity index (χ4v) is 1.32. The Morgan fingerprint density at radius 2 is 1.80 bits per heavy atom. The van der Waals surface area contributed by atoms with E-state index in [4.69, 9.17) is 4.74 Å². The van der Waals surface area contributed by atoms with Crippen molar-refractivity contribution in [2.24, 2.45) is 5.92 Å². The molecular formula is C12H17NO2. The van der Waals surface area contributed by atoms with Crippen LogP contribution in [0, 0.1) is 5.92 Å². The molecule has 0 radical (unpaired) electrons. The van der Waals surface area contributed by atoms with Gasteiger partial charge in [-0.3, -0.25) is 4.79 Å². The van der Waals surface area contributed by atoms with Crippen molar-refractivity contribution in [2.75, 3.05) is 19.1 Å². The van der Waals surface area contributed by atoms with Gasteiger partial charge in [0, 0.05) is 18.7 Å². The molecular weight excluding hydrogens is 190 g/mol. The molecule has 0 bridgehead atoms. The summed E-state index contributed by atoms with van der Waals surface area (Å²) >= 11 is 0. The van der Waals surface area contributed by atoms with Gasteiger partial charge in [0.15, 0.2) is 0 Å². The minimum absolute atomic E-state index is 0.0112. The third kappa shape index (κ3) is 2.72. The fraction of sp³-hybridized carbons (Fsp3) is 0.417. The number of hydrogen-bond donors (Lipinski definition) is 0. The molecule has 0 saturated carbocycles. The Morgan fingerprint density at radius 3 is 2.20 bits per heavy atom. The molecule has 0 aliphatic rings. The number of methoxy groups -OCH3 is 1. The van der Waals surface area contributed by atoms with Gasteiger partial charge in [-0.15, -0.1) is 0 Å². The Labute approximate surface area is 90.7 Å². The summed E-state index contributed by atoms with van der Waals surface area (Å²) in [5, 5.41) is 0. The average molecular weight is 207 g/mol. The molecule has 0 unspecified atom stereocenters. The highest BCUT2D eigenvalue weighted by Gasteiger charge is 2.14. The first-order valence-electron chi connectivity index (χ1n) is 4.98. The predicted molar refractivity (Wildman–Crippen MR) is 61.2 cm³/mol. The van der Waals surface area contributed by atoms with E-state index in [2.05, 4.69) is 0 Å². The molecule has 0 saturated heterocycles. The van der Waals surface area contributed by atoms with E-state index in [-0.39, 0.29) is 11.8 Å². The lowest BCUT2D eigenvalue weighted by Crippen LogP contribution is -2.30. The van der Waals surface area contributed by atoms with Gasteiger partial charge in [0.1, 0.15) is 5.75 Å². The average Bonchev–Trinajstić information content (AvgIpc) is 2.27. The number of nitrogens with zero attached hydrogens (tertiary/aromatic N) is 1. The van der Waals surface area contributed by atoms with Crippen LogP contribution in [0.15, 0.2) is 24.3 Å². The van der Waals surface area contributed by atoms with Gasteiger partial charge in [0.25, 0.3) is 0 Å².